The number of hydrogen-bond acceptors (Lipinski definition) is 3. The molecule has 90 valence electrons. The quantitative estimate of drug-likeness (QED) is 0.725. The molecular weight excluding hydrogens is 336 g/mol. The van der Waals surface area contributed by atoms with E-state index in [0.29, 0.717) is 15.2 Å². The number of nitrogens with one attached hydrogen (secondary N) is 1. The molecule has 0 atom stereocenters. The number of aromatic nitrogens is 2. The molecule has 3 rings (SSSR count). The number of rotatable bonds is 1. The Balaban J connectivity index is 2.26. The summed E-state index contributed by atoms with van der Waals surface area (Å²) >= 11 is 10.8. The summed E-state index contributed by atoms with van der Waals surface area (Å²) in [4.78, 5) is 19.4. The lowest BCUT2D eigenvalue weighted by Gasteiger charge is -2.01. The first-order valence-electron chi connectivity index (χ1n) is 5.08. The molecule has 0 saturated carbocycles. The van der Waals surface area contributed by atoms with Crippen LogP contribution in [0.15, 0.2) is 39.9 Å². The van der Waals surface area contributed by atoms with Crippen LogP contribution < -0.4 is 5.56 Å². The highest BCUT2D eigenvalue weighted by Crippen LogP contribution is 2.36. The van der Waals surface area contributed by atoms with Crippen LogP contribution >= 0.6 is 38.9 Å². The van der Waals surface area contributed by atoms with Crippen molar-refractivity contribution in [2.45, 2.75) is 0 Å². The number of halogens is 2. The molecule has 0 bridgehead atoms. The molecule has 0 saturated heterocycles. The molecule has 1 aromatic carbocycles. The highest BCUT2D eigenvalue weighted by Gasteiger charge is 2.10. The van der Waals surface area contributed by atoms with E-state index in [9.17, 15) is 4.79 Å². The van der Waals surface area contributed by atoms with Gasteiger partial charge >= 0.3 is 0 Å². The van der Waals surface area contributed by atoms with Gasteiger partial charge in [0.05, 0.1) is 11.8 Å². The first-order valence-corrected chi connectivity index (χ1v) is 7.06. The summed E-state index contributed by atoms with van der Waals surface area (Å²) in [5, 5.41) is 0.669. The van der Waals surface area contributed by atoms with Crippen molar-refractivity contribution in [2.24, 2.45) is 0 Å². The van der Waals surface area contributed by atoms with Crippen LogP contribution in [0.2, 0.25) is 5.02 Å². The lowest BCUT2D eigenvalue weighted by atomic mass is 10.2. The van der Waals surface area contributed by atoms with Crippen LogP contribution in [0, 0.1) is 0 Å². The van der Waals surface area contributed by atoms with Gasteiger partial charge in [-0.25, -0.2) is 4.98 Å². The number of fused-ring (bicyclic) bond motifs is 1. The van der Waals surface area contributed by atoms with E-state index in [2.05, 4.69) is 25.9 Å². The molecule has 0 aliphatic carbocycles. The van der Waals surface area contributed by atoms with Crippen molar-refractivity contribution < 1.29 is 0 Å². The summed E-state index contributed by atoms with van der Waals surface area (Å²) in [7, 11) is 0. The van der Waals surface area contributed by atoms with Crippen LogP contribution in [0.1, 0.15) is 0 Å². The van der Waals surface area contributed by atoms with Gasteiger partial charge in [-0.3, -0.25) is 4.79 Å². The average molecular weight is 342 g/mol. The maximum Gasteiger partial charge on any atom is 0.268 e. The molecule has 6 heteroatoms. The fourth-order valence-corrected chi connectivity index (χ4v) is 3.76. The standard InChI is InChI=1S/C12H6BrClN2OS/c13-8-3-6(14)1-2-7(8)10-4-9-11(18-10)12(17)16-5-15-9/h1-5H,(H,15,16,17). The van der Waals surface area contributed by atoms with Crippen LogP contribution in [0.25, 0.3) is 20.7 Å². The Labute approximate surface area is 120 Å². The molecule has 0 aliphatic rings. The van der Waals surface area contributed by atoms with Crippen molar-refractivity contribution in [2.75, 3.05) is 0 Å². The number of H-pyrrole nitrogens is 1. The molecule has 18 heavy (non-hydrogen) atoms. The van der Waals surface area contributed by atoms with Crippen molar-refractivity contribution in [1.29, 1.82) is 0 Å². The molecule has 3 aromatic rings. The van der Waals surface area contributed by atoms with E-state index >= 15 is 0 Å². The monoisotopic (exact) mass is 340 g/mol. The predicted molar refractivity (Wildman–Crippen MR) is 78.4 cm³/mol. The van der Waals surface area contributed by atoms with E-state index < -0.39 is 0 Å². The van der Waals surface area contributed by atoms with Crippen molar-refractivity contribution in [3.05, 3.63) is 50.4 Å². The molecular formula is C12H6BrClN2OS. The smallest absolute Gasteiger partial charge is 0.268 e. The Morgan fingerprint density at radius 3 is 2.89 bits per heavy atom. The second kappa shape index (κ2) is 4.50. The van der Waals surface area contributed by atoms with E-state index in [-0.39, 0.29) is 5.56 Å². The molecule has 0 aliphatic heterocycles. The maximum atomic E-state index is 11.6. The fourth-order valence-electron chi connectivity index (χ4n) is 1.69. The van der Waals surface area contributed by atoms with Gasteiger partial charge in [-0.2, -0.15) is 0 Å². The predicted octanol–water partition coefficient (Wildman–Crippen LogP) is 4.07. The van der Waals surface area contributed by atoms with Gasteiger partial charge in [-0.05, 0) is 18.2 Å². The number of nitrogens with zero attached hydrogens (tertiary/aromatic N) is 1. The van der Waals surface area contributed by atoms with Crippen molar-refractivity contribution in [1.82, 2.24) is 9.97 Å². The first kappa shape index (κ1) is 11.9. The minimum absolute atomic E-state index is 0.110. The molecule has 0 radical (unpaired) electrons. The van der Waals surface area contributed by atoms with E-state index in [1.165, 1.54) is 17.7 Å². The minimum atomic E-state index is -0.110. The Bertz CT molecular complexity index is 796. The van der Waals surface area contributed by atoms with E-state index in [0.717, 1.165) is 14.9 Å². The molecule has 1 N–H and O–H groups in total. The third-order valence-corrected chi connectivity index (χ3v) is 4.56. The second-order valence-electron chi connectivity index (χ2n) is 3.68. The number of hydrogen-bond donors (Lipinski definition) is 1. The van der Waals surface area contributed by atoms with E-state index in [1.54, 1.807) is 0 Å². The second-order valence-corrected chi connectivity index (χ2v) is 6.02. The van der Waals surface area contributed by atoms with Gasteiger partial charge in [0.15, 0.2) is 0 Å². The van der Waals surface area contributed by atoms with Gasteiger partial charge in [-0.15, -0.1) is 11.3 Å². The average Bonchev–Trinajstić information content (AvgIpc) is 2.74. The molecule has 0 fully saturated rings. The summed E-state index contributed by atoms with van der Waals surface area (Å²) in [6, 6.07) is 7.48. The fraction of sp³-hybridized carbons (Fsp3) is 0. The highest BCUT2D eigenvalue weighted by atomic mass is 79.9. The van der Waals surface area contributed by atoms with Crippen LogP contribution in [0.5, 0.6) is 0 Å². The maximum absolute atomic E-state index is 11.6. The van der Waals surface area contributed by atoms with Crippen LogP contribution in [-0.4, -0.2) is 9.97 Å². The SMILES string of the molecule is O=c1[nH]cnc2cc(-c3ccc(Cl)cc3Br)sc12. The Kier molecular flexibility index (Phi) is 2.97. The molecule has 0 unspecified atom stereocenters. The topological polar surface area (TPSA) is 45.8 Å². The van der Waals surface area contributed by atoms with Gasteiger partial charge in [0.2, 0.25) is 0 Å². The normalized spacial score (nSPS) is 11.0. The zero-order valence-electron chi connectivity index (χ0n) is 8.91. The summed E-state index contributed by atoms with van der Waals surface area (Å²) < 4.78 is 1.53. The summed E-state index contributed by atoms with van der Waals surface area (Å²) in [6.45, 7) is 0. The molecule has 3 nitrogen and oxygen atoms in total. The number of thiophene rings is 1. The van der Waals surface area contributed by atoms with Gasteiger partial charge in [-0.1, -0.05) is 33.6 Å². The van der Waals surface area contributed by atoms with Gasteiger partial charge in [0, 0.05) is 19.9 Å². The molecule has 2 aromatic heterocycles. The molecule has 0 spiro atoms. The van der Waals surface area contributed by atoms with E-state index in [1.807, 2.05) is 24.3 Å². The van der Waals surface area contributed by atoms with Crippen LogP contribution in [-0.2, 0) is 0 Å². The van der Waals surface area contributed by atoms with Crippen molar-refractivity contribution >= 4 is 49.1 Å². The lowest BCUT2D eigenvalue weighted by molar-refractivity contribution is 1.18. The zero-order chi connectivity index (χ0) is 12.7. The summed E-state index contributed by atoms with van der Waals surface area (Å²) in [5.74, 6) is 0. The number of aromatic amines is 1. The molecule has 2 heterocycles. The minimum Gasteiger partial charge on any atom is -0.312 e. The largest absolute Gasteiger partial charge is 0.312 e. The van der Waals surface area contributed by atoms with E-state index in [4.69, 9.17) is 11.6 Å². The first-order chi connectivity index (χ1) is 8.65. The third kappa shape index (κ3) is 1.98. The summed E-state index contributed by atoms with van der Waals surface area (Å²) in [6.07, 6.45) is 1.41. The Morgan fingerprint density at radius 1 is 1.33 bits per heavy atom. The third-order valence-electron chi connectivity index (χ3n) is 2.51. The van der Waals surface area contributed by atoms with Crippen molar-refractivity contribution in [3.63, 3.8) is 0 Å². The van der Waals surface area contributed by atoms with Crippen LogP contribution in [0.3, 0.4) is 0 Å². The molecule has 0 amide bonds. The van der Waals surface area contributed by atoms with Crippen molar-refractivity contribution in [3.8, 4) is 10.4 Å². The van der Waals surface area contributed by atoms with Crippen LogP contribution in [0.4, 0.5) is 0 Å². The number of benzene rings is 1. The Morgan fingerprint density at radius 2 is 2.17 bits per heavy atom. The summed E-state index contributed by atoms with van der Waals surface area (Å²) in [5.41, 5.74) is 1.60. The van der Waals surface area contributed by atoms with Gasteiger partial charge < -0.3 is 4.98 Å². The Hall–Kier alpha value is -1.17. The van der Waals surface area contributed by atoms with Gasteiger partial charge in [0.25, 0.3) is 5.56 Å². The highest BCUT2D eigenvalue weighted by molar-refractivity contribution is 9.10. The lowest BCUT2D eigenvalue weighted by Crippen LogP contribution is -2.02. The zero-order valence-corrected chi connectivity index (χ0v) is 12.1. The van der Waals surface area contributed by atoms with Gasteiger partial charge in [0.1, 0.15) is 4.70 Å².